The number of anilines is 1. The van der Waals surface area contributed by atoms with E-state index < -0.39 is 0 Å². The Morgan fingerprint density at radius 3 is 2.65 bits per heavy atom. The molecule has 0 radical (unpaired) electrons. The minimum atomic E-state index is -0.0546. The van der Waals surface area contributed by atoms with Crippen LogP contribution in [0.3, 0.4) is 0 Å². The van der Waals surface area contributed by atoms with Crippen molar-refractivity contribution in [3.8, 4) is 17.2 Å². The van der Waals surface area contributed by atoms with Crippen molar-refractivity contribution >= 4 is 17.7 Å². The summed E-state index contributed by atoms with van der Waals surface area (Å²) in [6, 6.07) is 11.4. The smallest absolute Gasteiger partial charge is 0.250 e. The second-order valence-corrected chi connectivity index (χ2v) is 6.00. The summed E-state index contributed by atoms with van der Waals surface area (Å²) in [5, 5.41) is 0. The maximum absolute atomic E-state index is 12.8. The van der Waals surface area contributed by atoms with Gasteiger partial charge in [0.1, 0.15) is 5.75 Å². The molecule has 0 aliphatic carbocycles. The fourth-order valence-corrected chi connectivity index (χ4v) is 3.22. The number of hydrogen-bond acceptors (Lipinski definition) is 4. The molecule has 3 rings (SSSR count). The molecular weight excluding hydrogens is 330 g/mol. The number of amides is 1. The molecule has 0 bridgehead atoms. The van der Waals surface area contributed by atoms with Crippen molar-refractivity contribution in [1.82, 2.24) is 0 Å². The largest absolute Gasteiger partial charge is 0.497 e. The van der Waals surface area contributed by atoms with Crippen molar-refractivity contribution in [2.24, 2.45) is 0 Å². The molecule has 2 aromatic rings. The van der Waals surface area contributed by atoms with E-state index in [0.717, 1.165) is 35.4 Å². The zero-order valence-corrected chi connectivity index (χ0v) is 15.3. The standard InChI is InChI=1S/C21H23NO4/c1-24-17-10-11-18-16(14-17)7-5-13-22(18)20(23)12-9-15-6-4-8-19(25-2)21(15)26-3/h4,6,8-12,14H,5,7,13H2,1-3H3/b12-9+. The number of hydrogen-bond donors (Lipinski definition) is 0. The molecule has 0 saturated carbocycles. The lowest BCUT2D eigenvalue weighted by atomic mass is 10.0. The number of fused-ring (bicyclic) bond motifs is 1. The van der Waals surface area contributed by atoms with E-state index in [-0.39, 0.29) is 5.91 Å². The summed E-state index contributed by atoms with van der Waals surface area (Å²) in [5.74, 6) is 2.01. The number of carbonyl (C=O) groups excluding carboxylic acids is 1. The monoisotopic (exact) mass is 353 g/mol. The van der Waals surface area contributed by atoms with E-state index in [0.29, 0.717) is 18.0 Å². The number of benzene rings is 2. The van der Waals surface area contributed by atoms with E-state index in [2.05, 4.69) is 0 Å². The van der Waals surface area contributed by atoms with Gasteiger partial charge in [-0.25, -0.2) is 0 Å². The van der Waals surface area contributed by atoms with Gasteiger partial charge in [-0.05, 0) is 48.7 Å². The van der Waals surface area contributed by atoms with Crippen molar-refractivity contribution in [3.05, 3.63) is 53.6 Å². The van der Waals surface area contributed by atoms with Crippen LogP contribution in [0, 0.1) is 0 Å². The highest BCUT2D eigenvalue weighted by molar-refractivity contribution is 6.04. The van der Waals surface area contributed by atoms with Crippen molar-refractivity contribution in [2.45, 2.75) is 12.8 Å². The van der Waals surface area contributed by atoms with E-state index in [4.69, 9.17) is 14.2 Å². The van der Waals surface area contributed by atoms with E-state index in [1.54, 1.807) is 38.4 Å². The van der Waals surface area contributed by atoms with Gasteiger partial charge in [-0.1, -0.05) is 12.1 Å². The van der Waals surface area contributed by atoms with Gasteiger partial charge in [-0.3, -0.25) is 4.79 Å². The Kier molecular flexibility index (Phi) is 5.46. The molecule has 136 valence electrons. The lowest BCUT2D eigenvalue weighted by Crippen LogP contribution is -2.34. The predicted molar refractivity (Wildman–Crippen MR) is 102 cm³/mol. The summed E-state index contributed by atoms with van der Waals surface area (Å²) in [6.45, 7) is 0.706. The second kappa shape index (κ2) is 7.95. The topological polar surface area (TPSA) is 48.0 Å². The molecule has 2 aromatic carbocycles. The average molecular weight is 353 g/mol. The maximum atomic E-state index is 12.8. The normalized spacial score (nSPS) is 13.4. The summed E-state index contributed by atoms with van der Waals surface area (Å²) < 4.78 is 16.0. The third-order valence-corrected chi connectivity index (χ3v) is 4.51. The summed E-state index contributed by atoms with van der Waals surface area (Å²) in [7, 11) is 4.83. The minimum absolute atomic E-state index is 0.0546. The molecule has 1 amide bonds. The van der Waals surface area contributed by atoms with Crippen LogP contribution >= 0.6 is 0 Å². The maximum Gasteiger partial charge on any atom is 0.250 e. The first kappa shape index (κ1) is 17.9. The Hall–Kier alpha value is -2.95. The van der Waals surface area contributed by atoms with Crippen LogP contribution in [0.15, 0.2) is 42.5 Å². The molecule has 0 N–H and O–H groups in total. The molecule has 0 saturated heterocycles. The van der Waals surface area contributed by atoms with Crippen LogP contribution in [0.2, 0.25) is 0 Å². The van der Waals surface area contributed by atoms with Gasteiger partial charge in [0.2, 0.25) is 0 Å². The van der Waals surface area contributed by atoms with Crippen molar-refractivity contribution < 1.29 is 19.0 Å². The van der Waals surface area contributed by atoms with Gasteiger partial charge in [0.25, 0.3) is 5.91 Å². The van der Waals surface area contributed by atoms with Gasteiger partial charge >= 0.3 is 0 Å². The number of carbonyl (C=O) groups is 1. The Balaban J connectivity index is 1.85. The van der Waals surface area contributed by atoms with E-state index in [1.807, 2.05) is 36.4 Å². The Bertz CT molecular complexity index is 829. The van der Waals surface area contributed by atoms with E-state index >= 15 is 0 Å². The van der Waals surface area contributed by atoms with Crippen LogP contribution in [-0.2, 0) is 11.2 Å². The number of aryl methyl sites for hydroxylation is 1. The Morgan fingerprint density at radius 1 is 1.08 bits per heavy atom. The molecule has 0 atom stereocenters. The number of nitrogens with zero attached hydrogens (tertiary/aromatic N) is 1. The molecule has 0 unspecified atom stereocenters. The summed E-state index contributed by atoms with van der Waals surface area (Å²) in [5.41, 5.74) is 2.88. The van der Waals surface area contributed by atoms with Gasteiger partial charge in [0.05, 0.1) is 21.3 Å². The quantitative estimate of drug-likeness (QED) is 0.769. The van der Waals surface area contributed by atoms with Crippen molar-refractivity contribution in [3.63, 3.8) is 0 Å². The number of para-hydroxylation sites is 1. The number of methoxy groups -OCH3 is 3. The van der Waals surface area contributed by atoms with Crippen LogP contribution in [0.25, 0.3) is 6.08 Å². The third-order valence-electron chi connectivity index (χ3n) is 4.51. The molecule has 0 aromatic heterocycles. The van der Waals surface area contributed by atoms with Gasteiger partial charge < -0.3 is 19.1 Å². The van der Waals surface area contributed by atoms with E-state index in [9.17, 15) is 4.79 Å². The van der Waals surface area contributed by atoms with Crippen LogP contribution in [0.4, 0.5) is 5.69 Å². The molecule has 1 aliphatic rings. The summed E-state index contributed by atoms with van der Waals surface area (Å²) >= 11 is 0. The van der Waals surface area contributed by atoms with Gasteiger partial charge in [0, 0.05) is 23.9 Å². The fraction of sp³-hybridized carbons (Fsp3) is 0.286. The van der Waals surface area contributed by atoms with Crippen LogP contribution in [0.5, 0.6) is 17.2 Å². The third kappa shape index (κ3) is 3.52. The highest BCUT2D eigenvalue weighted by Crippen LogP contribution is 2.33. The SMILES string of the molecule is COc1ccc2c(c1)CCCN2C(=O)/C=C/c1cccc(OC)c1OC. The summed E-state index contributed by atoms with van der Waals surface area (Å²) in [4.78, 5) is 14.6. The van der Waals surface area contributed by atoms with Crippen molar-refractivity contribution in [1.29, 1.82) is 0 Å². The molecule has 0 spiro atoms. The lowest BCUT2D eigenvalue weighted by Gasteiger charge is -2.29. The van der Waals surface area contributed by atoms with E-state index in [1.165, 1.54) is 0 Å². The van der Waals surface area contributed by atoms with Crippen molar-refractivity contribution in [2.75, 3.05) is 32.8 Å². The molecule has 5 heteroatoms. The number of ether oxygens (including phenoxy) is 3. The lowest BCUT2D eigenvalue weighted by molar-refractivity contribution is -0.114. The second-order valence-electron chi connectivity index (χ2n) is 6.00. The van der Waals surface area contributed by atoms with Crippen LogP contribution in [0.1, 0.15) is 17.5 Å². The first-order valence-corrected chi connectivity index (χ1v) is 8.55. The van der Waals surface area contributed by atoms with Gasteiger partial charge in [0.15, 0.2) is 11.5 Å². The Morgan fingerprint density at radius 2 is 1.92 bits per heavy atom. The van der Waals surface area contributed by atoms with Crippen LogP contribution in [-0.4, -0.2) is 33.8 Å². The fourth-order valence-electron chi connectivity index (χ4n) is 3.22. The molecular formula is C21H23NO4. The summed E-state index contributed by atoms with van der Waals surface area (Å²) in [6.07, 6.45) is 5.23. The van der Waals surface area contributed by atoms with Gasteiger partial charge in [-0.15, -0.1) is 0 Å². The van der Waals surface area contributed by atoms with Crippen LogP contribution < -0.4 is 19.1 Å². The first-order chi connectivity index (χ1) is 12.7. The minimum Gasteiger partial charge on any atom is -0.497 e. The predicted octanol–water partition coefficient (Wildman–Crippen LogP) is 3.71. The first-order valence-electron chi connectivity index (χ1n) is 8.55. The zero-order valence-electron chi connectivity index (χ0n) is 15.3. The molecule has 1 aliphatic heterocycles. The molecule has 5 nitrogen and oxygen atoms in total. The average Bonchev–Trinajstić information content (AvgIpc) is 2.70. The highest BCUT2D eigenvalue weighted by atomic mass is 16.5. The molecule has 26 heavy (non-hydrogen) atoms. The van der Waals surface area contributed by atoms with Gasteiger partial charge in [-0.2, -0.15) is 0 Å². The molecule has 0 fully saturated rings. The molecule has 1 heterocycles. The zero-order chi connectivity index (χ0) is 18.5. The highest BCUT2D eigenvalue weighted by Gasteiger charge is 2.21. The Labute approximate surface area is 153 Å². The number of rotatable bonds is 5.